The van der Waals surface area contributed by atoms with Crippen LogP contribution in [0.15, 0.2) is 65.3 Å². The maximum Gasteiger partial charge on any atom is 0.356 e. The van der Waals surface area contributed by atoms with Gasteiger partial charge in [-0.15, -0.1) is 0 Å². The van der Waals surface area contributed by atoms with E-state index in [1.807, 2.05) is 42.5 Å². The Kier molecular flexibility index (Phi) is 5.87. The molecule has 2 aromatic carbocycles. The molecule has 0 radical (unpaired) electrons. The molecule has 7 nitrogen and oxygen atoms in total. The van der Waals surface area contributed by atoms with Gasteiger partial charge in [-0.05, 0) is 33.6 Å². The number of esters is 1. The number of nitrogens with zero attached hydrogens (tertiary/aromatic N) is 2. The standard InChI is InChI=1S/C21H16BrClN4O3/c22-19-14-6-2-4-8-16(14)25-20(19)21(29)30-12-18(28)26-17-9-10-24-27(17)11-13-5-1-3-7-15(13)23/h1-10,25H,11-12H2,(H,26,28). The maximum absolute atomic E-state index is 12.4. The van der Waals surface area contributed by atoms with Gasteiger partial charge in [-0.2, -0.15) is 5.10 Å². The molecule has 0 saturated heterocycles. The van der Waals surface area contributed by atoms with Crippen LogP contribution in [0.4, 0.5) is 5.82 Å². The molecule has 2 N–H and O–H groups in total. The number of aromatic amines is 1. The molecule has 0 unspecified atom stereocenters. The largest absolute Gasteiger partial charge is 0.451 e. The molecule has 4 rings (SSSR count). The quantitative estimate of drug-likeness (QED) is 0.388. The van der Waals surface area contributed by atoms with E-state index < -0.39 is 18.5 Å². The minimum absolute atomic E-state index is 0.257. The topological polar surface area (TPSA) is 89.0 Å². The first-order valence-corrected chi connectivity index (χ1v) is 10.2. The van der Waals surface area contributed by atoms with Gasteiger partial charge in [0.1, 0.15) is 11.5 Å². The Bertz CT molecular complexity index is 1230. The molecule has 4 aromatic rings. The lowest BCUT2D eigenvalue weighted by Crippen LogP contribution is -2.23. The first kappa shape index (κ1) is 20.2. The molecule has 1 amide bonds. The van der Waals surface area contributed by atoms with Crippen LogP contribution in [0.5, 0.6) is 0 Å². The first-order chi connectivity index (χ1) is 14.5. The van der Waals surface area contributed by atoms with Crippen molar-refractivity contribution in [2.45, 2.75) is 6.54 Å². The summed E-state index contributed by atoms with van der Waals surface area (Å²) in [6.07, 6.45) is 1.57. The van der Waals surface area contributed by atoms with Crippen LogP contribution in [0.25, 0.3) is 10.9 Å². The molecule has 2 aromatic heterocycles. The Hall–Kier alpha value is -3.10. The number of para-hydroxylation sites is 1. The van der Waals surface area contributed by atoms with Crippen LogP contribution in [-0.2, 0) is 16.1 Å². The monoisotopic (exact) mass is 486 g/mol. The van der Waals surface area contributed by atoms with E-state index in [1.54, 1.807) is 23.0 Å². The lowest BCUT2D eigenvalue weighted by Gasteiger charge is -2.10. The lowest BCUT2D eigenvalue weighted by atomic mass is 10.2. The van der Waals surface area contributed by atoms with Crippen LogP contribution in [-0.4, -0.2) is 33.2 Å². The van der Waals surface area contributed by atoms with Crippen molar-refractivity contribution in [1.29, 1.82) is 0 Å². The summed E-state index contributed by atoms with van der Waals surface area (Å²) in [5, 5.41) is 8.38. The zero-order valence-corrected chi connectivity index (χ0v) is 17.9. The van der Waals surface area contributed by atoms with Crippen LogP contribution < -0.4 is 5.32 Å². The molecule has 9 heteroatoms. The summed E-state index contributed by atoms with van der Waals surface area (Å²) in [7, 11) is 0. The van der Waals surface area contributed by atoms with E-state index in [-0.39, 0.29) is 5.69 Å². The number of rotatable bonds is 6. The predicted molar refractivity (Wildman–Crippen MR) is 118 cm³/mol. The number of benzene rings is 2. The Morgan fingerprint density at radius 3 is 2.70 bits per heavy atom. The molecule has 2 heterocycles. The highest BCUT2D eigenvalue weighted by atomic mass is 79.9. The Labute approximate surface area is 185 Å². The maximum atomic E-state index is 12.4. The summed E-state index contributed by atoms with van der Waals surface area (Å²) in [6.45, 7) is -0.0397. The van der Waals surface area contributed by atoms with Gasteiger partial charge in [-0.3, -0.25) is 4.79 Å². The smallest absolute Gasteiger partial charge is 0.356 e. The number of H-pyrrole nitrogens is 1. The van der Waals surface area contributed by atoms with Crippen molar-refractivity contribution >= 4 is 56.1 Å². The number of hydrogen-bond donors (Lipinski definition) is 2. The zero-order chi connectivity index (χ0) is 21.1. The van der Waals surface area contributed by atoms with Crippen molar-refractivity contribution in [2.75, 3.05) is 11.9 Å². The van der Waals surface area contributed by atoms with E-state index in [2.05, 4.69) is 31.3 Å². The van der Waals surface area contributed by atoms with Gasteiger partial charge in [0.15, 0.2) is 6.61 Å². The highest BCUT2D eigenvalue weighted by Gasteiger charge is 2.18. The Balaban J connectivity index is 1.38. The van der Waals surface area contributed by atoms with Gasteiger partial charge in [-0.25, -0.2) is 9.48 Å². The van der Waals surface area contributed by atoms with Gasteiger partial charge in [0.25, 0.3) is 5.91 Å². The molecule has 30 heavy (non-hydrogen) atoms. The van der Waals surface area contributed by atoms with Crippen molar-refractivity contribution in [2.24, 2.45) is 0 Å². The lowest BCUT2D eigenvalue weighted by molar-refractivity contribution is -0.119. The van der Waals surface area contributed by atoms with E-state index in [0.717, 1.165) is 16.5 Å². The molecule has 0 aliphatic heterocycles. The number of carbonyl (C=O) groups excluding carboxylic acids is 2. The number of fused-ring (bicyclic) bond motifs is 1. The van der Waals surface area contributed by atoms with Gasteiger partial charge in [-0.1, -0.05) is 48.0 Å². The number of ether oxygens (including phenoxy) is 1. The third-order valence-electron chi connectivity index (χ3n) is 4.44. The number of halogens is 2. The summed E-state index contributed by atoms with van der Waals surface area (Å²) in [4.78, 5) is 27.7. The molecule has 0 fully saturated rings. The highest BCUT2D eigenvalue weighted by molar-refractivity contribution is 9.10. The Morgan fingerprint density at radius 1 is 1.13 bits per heavy atom. The molecule has 0 aliphatic carbocycles. The second-order valence-corrected chi connectivity index (χ2v) is 7.65. The fourth-order valence-electron chi connectivity index (χ4n) is 2.98. The van der Waals surface area contributed by atoms with Gasteiger partial charge in [0, 0.05) is 22.0 Å². The summed E-state index contributed by atoms with van der Waals surface area (Å²) in [5.74, 6) is -0.628. The molecule has 0 atom stereocenters. The van der Waals surface area contributed by atoms with Gasteiger partial charge < -0.3 is 15.0 Å². The van der Waals surface area contributed by atoms with E-state index in [0.29, 0.717) is 21.9 Å². The average molecular weight is 488 g/mol. The first-order valence-electron chi connectivity index (χ1n) is 9.01. The SMILES string of the molecule is O=C(COC(=O)c1[nH]c2ccccc2c1Br)Nc1ccnn1Cc1ccccc1Cl. The number of anilines is 1. The number of hydrogen-bond acceptors (Lipinski definition) is 4. The third-order valence-corrected chi connectivity index (χ3v) is 5.64. The van der Waals surface area contributed by atoms with Crippen molar-refractivity contribution in [3.05, 3.63) is 81.5 Å². The molecule has 0 aliphatic rings. The third kappa shape index (κ3) is 4.24. The van der Waals surface area contributed by atoms with Crippen LogP contribution >= 0.6 is 27.5 Å². The van der Waals surface area contributed by atoms with Crippen LogP contribution in [0.2, 0.25) is 5.02 Å². The minimum atomic E-state index is -0.627. The number of nitrogens with one attached hydrogen (secondary N) is 2. The second-order valence-electron chi connectivity index (χ2n) is 6.45. The van der Waals surface area contributed by atoms with Gasteiger partial charge >= 0.3 is 5.97 Å². The van der Waals surface area contributed by atoms with Crippen LogP contribution in [0.3, 0.4) is 0 Å². The Morgan fingerprint density at radius 2 is 1.90 bits per heavy atom. The van der Waals surface area contributed by atoms with Gasteiger partial charge in [0.05, 0.1) is 17.2 Å². The highest BCUT2D eigenvalue weighted by Crippen LogP contribution is 2.28. The predicted octanol–water partition coefficient (Wildman–Crippen LogP) is 4.62. The summed E-state index contributed by atoms with van der Waals surface area (Å²) < 4.78 is 7.37. The van der Waals surface area contributed by atoms with Gasteiger partial charge in [0.2, 0.25) is 0 Å². The summed E-state index contributed by atoms with van der Waals surface area (Å²) >= 11 is 9.59. The average Bonchev–Trinajstić information content (AvgIpc) is 3.32. The van der Waals surface area contributed by atoms with Crippen molar-refractivity contribution < 1.29 is 14.3 Å². The second kappa shape index (κ2) is 8.73. The summed E-state index contributed by atoms with van der Waals surface area (Å²) in [5.41, 5.74) is 1.92. The van der Waals surface area contributed by atoms with E-state index in [9.17, 15) is 9.59 Å². The molecular weight excluding hydrogens is 472 g/mol. The molecule has 152 valence electrons. The number of amides is 1. The van der Waals surface area contributed by atoms with Crippen molar-refractivity contribution in [3.8, 4) is 0 Å². The zero-order valence-electron chi connectivity index (χ0n) is 15.6. The normalized spacial score (nSPS) is 10.9. The van der Waals surface area contributed by atoms with E-state index in [4.69, 9.17) is 16.3 Å². The number of aromatic nitrogens is 3. The van der Waals surface area contributed by atoms with Crippen LogP contribution in [0, 0.1) is 0 Å². The number of carbonyl (C=O) groups is 2. The fraction of sp³-hybridized carbons (Fsp3) is 0.0952. The molecule has 0 spiro atoms. The molecule has 0 bridgehead atoms. The van der Waals surface area contributed by atoms with Crippen molar-refractivity contribution in [1.82, 2.24) is 14.8 Å². The summed E-state index contributed by atoms with van der Waals surface area (Å²) in [6, 6.07) is 16.5. The minimum Gasteiger partial charge on any atom is -0.451 e. The van der Waals surface area contributed by atoms with E-state index >= 15 is 0 Å². The van der Waals surface area contributed by atoms with E-state index in [1.165, 1.54) is 0 Å². The van der Waals surface area contributed by atoms with Crippen molar-refractivity contribution in [3.63, 3.8) is 0 Å². The fourth-order valence-corrected chi connectivity index (χ4v) is 3.79. The van der Waals surface area contributed by atoms with Crippen LogP contribution in [0.1, 0.15) is 16.1 Å². The molecular formula is C21H16BrClN4O3. The molecule has 0 saturated carbocycles.